The van der Waals surface area contributed by atoms with Gasteiger partial charge in [0, 0.05) is 23.0 Å². The molecule has 0 bridgehead atoms. The molecule has 0 aliphatic rings. The van der Waals surface area contributed by atoms with Crippen LogP contribution in [0.3, 0.4) is 0 Å². The second-order valence-corrected chi connectivity index (χ2v) is 5.66. The van der Waals surface area contributed by atoms with E-state index in [-0.39, 0.29) is 23.7 Å². The summed E-state index contributed by atoms with van der Waals surface area (Å²) >= 11 is 0. The van der Waals surface area contributed by atoms with Crippen molar-refractivity contribution in [2.24, 2.45) is 0 Å². The minimum atomic E-state index is -0.631. The van der Waals surface area contributed by atoms with Gasteiger partial charge in [0.1, 0.15) is 12.4 Å². The van der Waals surface area contributed by atoms with Crippen molar-refractivity contribution in [3.63, 3.8) is 0 Å². The van der Waals surface area contributed by atoms with Crippen molar-refractivity contribution >= 4 is 17.6 Å². The Bertz CT molecular complexity index is 1060. The molecule has 1 aromatic carbocycles. The van der Waals surface area contributed by atoms with Crippen molar-refractivity contribution in [3.8, 4) is 11.4 Å². The van der Waals surface area contributed by atoms with Gasteiger partial charge < -0.3 is 15.0 Å². The van der Waals surface area contributed by atoms with Crippen LogP contribution >= 0.6 is 0 Å². The number of carbonyl (C=O) groups excluding carboxylic acids is 2. The second kappa shape index (κ2) is 7.60. The van der Waals surface area contributed by atoms with Gasteiger partial charge in [-0.2, -0.15) is 0 Å². The fourth-order valence-corrected chi connectivity index (χ4v) is 2.38. The van der Waals surface area contributed by atoms with Crippen molar-refractivity contribution in [2.45, 2.75) is 13.5 Å². The zero-order chi connectivity index (χ0) is 19.4. The molecule has 0 spiro atoms. The number of ether oxygens (including phenoxy) is 1. The van der Waals surface area contributed by atoms with E-state index in [1.807, 2.05) is 0 Å². The van der Waals surface area contributed by atoms with Crippen molar-refractivity contribution in [1.29, 1.82) is 0 Å². The number of nitrogens with zero attached hydrogens (tertiary/aromatic N) is 4. The monoisotopic (exact) mass is 368 g/mol. The lowest BCUT2D eigenvalue weighted by molar-refractivity contribution is -0.116. The highest BCUT2D eigenvalue weighted by molar-refractivity contribution is 5.91. The van der Waals surface area contributed by atoms with Gasteiger partial charge in [0.25, 0.3) is 5.56 Å². The predicted octanol–water partition coefficient (Wildman–Crippen LogP) is 0.762. The Morgan fingerprint density at radius 3 is 2.85 bits per heavy atom. The second-order valence-electron chi connectivity index (χ2n) is 5.66. The Balaban J connectivity index is 1.72. The molecule has 0 aliphatic carbocycles. The molecule has 0 radical (unpaired) electrons. The number of benzene rings is 1. The average Bonchev–Trinajstić information content (AvgIpc) is 3.08. The van der Waals surface area contributed by atoms with Gasteiger partial charge >= 0.3 is 5.97 Å². The number of carbonyl (C=O) groups is 2. The van der Waals surface area contributed by atoms with Crippen molar-refractivity contribution in [3.05, 3.63) is 58.3 Å². The van der Waals surface area contributed by atoms with E-state index in [0.717, 1.165) is 0 Å². The summed E-state index contributed by atoms with van der Waals surface area (Å²) < 4.78 is 5.76. The number of hydrogen-bond acceptors (Lipinski definition) is 7. The fraction of sp³-hybridized carbons (Fsp3) is 0.176. The molecule has 138 valence electrons. The molecule has 2 heterocycles. The van der Waals surface area contributed by atoms with E-state index in [9.17, 15) is 14.4 Å². The first-order valence-electron chi connectivity index (χ1n) is 7.91. The maximum Gasteiger partial charge on any atom is 0.360 e. The molecule has 3 rings (SSSR count). The Labute approximate surface area is 153 Å². The van der Waals surface area contributed by atoms with Gasteiger partial charge in [0.05, 0.1) is 13.3 Å². The number of methoxy groups -OCH3 is 1. The molecule has 3 aromatic rings. The van der Waals surface area contributed by atoms with Crippen LogP contribution < -0.4 is 10.9 Å². The molecular weight excluding hydrogens is 352 g/mol. The number of rotatable bonds is 5. The van der Waals surface area contributed by atoms with Gasteiger partial charge in [-0.25, -0.2) is 14.5 Å². The van der Waals surface area contributed by atoms with Crippen LogP contribution in [0.25, 0.3) is 11.4 Å². The number of aromatic amines is 1. The third-order valence-corrected chi connectivity index (χ3v) is 3.53. The number of nitrogens with one attached hydrogen (secondary N) is 2. The van der Waals surface area contributed by atoms with Crippen LogP contribution in [0.15, 0.2) is 41.3 Å². The third-order valence-electron chi connectivity index (χ3n) is 3.53. The van der Waals surface area contributed by atoms with Gasteiger partial charge in [-0.3, -0.25) is 9.59 Å². The number of hydrogen-bond donors (Lipinski definition) is 2. The summed E-state index contributed by atoms with van der Waals surface area (Å²) in [4.78, 5) is 42.1. The van der Waals surface area contributed by atoms with Crippen LogP contribution in [0.5, 0.6) is 0 Å². The van der Waals surface area contributed by atoms with E-state index in [0.29, 0.717) is 22.8 Å². The number of H-pyrrole nitrogens is 1. The van der Waals surface area contributed by atoms with E-state index >= 15 is 0 Å². The third kappa shape index (κ3) is 4.42. The van der Waals surface area contributed by atoms with E-state index in [1.165, 1.54) is 24.1 Å². The predicted molar refractivity (Wildman–Crippen MR) is 95.0 cm³/mol. The summed E-state index contributed by atoms with van der Waals surface area (Å²) in [6.45, 7) is 1.60. The molecule has 1 amide bonds. The van der Waals surface area contributed by atoms with Crippen molar-refractivity contribution in [1.82, 2.24) is 25.0 Å². The van der Waals surface area contributed by atoms with E-state index in [4.69, 9.17) is 0 Å². The molecule has 0 fully saturated rings. The van der Waals surface area contributed by atoms with E-state index in [1.54, 1.807) is 31.2 Å². The lowest BCUT2D eigenvalue weighted by atomic mass is 10.2. The van der Waals surface area contributed by atoms with Crippen LogP contribution in [0, 0.1) is 6.92 Å². The van der Waals surface area contributed by atoms with Gasteiger partial charge in [0.2, 0.25) is 5.91 Å². The Kier molecular flexibility index (Phi) is 5.06. The van der Waals surface area contributed by atoms with Crippen LogP contribution in [0.4, 0.5) is 5.69 Å². The lowest BCUT2D eigenvalue weighted by Crippen LogP contribution is -2.19. The van der Waals surface area contributed by atoms with Crippen molar-refractivity contribution in [2.75, 3.05) is 12.4 Å². The van der Waals surface area contributed by atoms with E-state index < -0.39 is 5.97 Å². The Morgan fingerprint density at radius 1 is 1.30 bits per heavy atom. The molecule has 2 N–H and O–H groups in total. The topological polar surface area (TPSA) is 132 Å². The first kappa shape index (κ1) is 18.0. The summed E-state index contributed by atoms with van der Waals surface area (Å²) in [5, 5.41) is 10.1. The lowest BCUT2D eigenvalue weighted by Gasteiger charge is -2.07. The SMILES string of the molecule is COC(=O)c1cn(CC(=O)Nc2cccc(-c3nc(C)cc(=O)[nH]3)c2)nn1. The van der Waals surface area contributed by atoms with Gasteiger partial charge in [0.15, 0.2) is 5.69 Å². The quantitative estimate of drug-likeness (QED) is 0.636. The molecule has 10 heteroatoms. The summed E-state index contributed by atoms with van der Waals surface area (Å²) in [6.07, 6.45) is 1.32. The molecule has 0 saturated heterocycles. The molecule has 0 atom stereocenters. The number of anilines is 1. The molecule has 0 aliphatic heterocycles. The maximum atomic E-state index is 12.2. The summed E-state index contributed by atoms with van der Waals surface area (Å²) in [5.74, 6) is -0.580. The summed E-state index contributed by atoms with van der Waals surface area (Å²) in [6, 6.07) is 8.30. The molecule has 10 nitrogen and oxygen atoms in total. The maximum absolute atomic E-state index is 12.2. The van der Waals surface area contributed by atoms with Gasteiger partial charge in [-0.05, 0) is 19.1 Å². The summed E-state index contributed by atoms with van der Waals surface area (Å²) in [5.41, 5.74) is 1.54. The number of amides is 1. The fourth-order valence-electron chi connectivity index (χ4n) is 2.38. The Morgan fingerprint density at radius 2 is 2.11 bits per heavy atom. The first-order chi connectivity index (χ1) is 12.9. The standard InChI is InChI=1S/C17H16N6O4/c1-10-6-14(24)20-16(18-10)11-4-3-5-12(7-11)19-15(25)9-23-8-13(21-22-23)17(26)27-2/h3-8H,9H2,1-2H3,(H,19,25)(H,18,20,24). The van der Waals surface area contributed by atoms with Crippen LogP contribution in [0.2, 0.25) is 0 Å². The first-order valence-corrected chi connectivity index (χ1v) is 7.91. The molecular formula is C17H16N6O4. The van der Waals surface area contributed by atoms with Gasteiger partial charge in [-0.15, -0.1) is 5.10 Å². The van der Waals surface area contributed by atoms with E-state index in [2.05, 4.69) is 30.3 Å². The van der Waals surface area contributed by atoms with Crippen LogP contribution in [-0.2, 0) is 16.1 Å². The minimum absolute atomic E-state index is 0.0155. The molecule has 2 aromatic heterocycles. The zero-order valence-corrected chi connectivity index (χ0v) is 14.6. The van der Waals surface area contributed by atoms with Crippen LogP contribution in [-0.4, -0.2) is 43.9 Å². The largest absolute Gasteiger partial charge is 0.464 e. The Hall–Kier alpha value is -3.82. The smallest absolute Gasteiger partial charge is 0.360 e. The molecule has 0 saturated carbocycles. The highest BCUT2D eigenvalue weighted by Gasteiger charge is 2.13. The number of esters is 1. The highest BCUT2D eigenvalue weighted by atomic mass is 16.5. The molecule has 27 heavy (non-hydrogen) atoms. The zero-order valence-electron chi connectivity index (χ0n) is 14.6. The molecule has 0 unspecified atom stereocenters. The number of aryl methyl sites for hydroxylation is 1. The highest BCUT2D eigenvalue weighted by Crippen LogP contribution is 2.18. The van der Waals surface area contributed by atoms with Crippen LogP contribution in [0.1, 0.15) is 16.2 Å². The normalized spacial score (nSPS) is 10.4. The average molecular weight is 368 g/mol. The van der Waals surface area contributed by atoms with Crippen molar-refractivity contribution < 1.29 is 14.3 Å². The minimum Gasteiger partial charge on any atom is -0.464 e. The van der Waals surface area contributed by atoms with Gasteiger partial charge in [-0.1, -0.05) is 17.3 Å². The number of aromatic nitrogens is 5. The summed E-state index contributed by atoms with van der Waals surface area (Å²) in [7, 11) is 1.23.